The summed E-state index contributed by atoms with van der Waals surface area (Å²) in [5.41, 5.74) is 0.153. The molecule has 40 heavy (non-hydrogen) atoms. The third-order valence-corrected chi connectivity index (χ3v) is 9.50. The number of anilines is 1. The van der Waals surface area contributed by atoms with E-state index in [0.29, 0.717) is 10.2 Å². The summed E-state index contributed by atoms with van der Waals surface area (Å²) in [5, 5.41) is 14.0. The first-order valence-electron chi connectivity index (χ1n) is 12.1. The van der Waals surface area contributed by atoms with Crippen molar-refractivity contribution in [2.24, 2.45) is 0 Å². The largest absolute Gasteiger partial charge is 0.298 e. The number of carbonyl (C=O) groups excluding carboxylic acids is 2. The van der Waals surface area contributed by atoms with Crippen molar-refractivity contribution in [2.45, 2.75) is 44.7 Å². The molecule has 1 amide bonds. The highest BCUT2D eigenvalue weighted by Crippen LogP contribution is 2.31. The minimum Gasteiger partial charge on any atom is -0.298 e. The average Bonchev–Trinajstić information content (AvgIpc) is 3.29. The first kappa shape index (κ1) is 29.3. The second-order valence-corrected chi connectivity index (χ2v) is 12.7. The van der Waals surface area contributed by atoms with Crippen molar-refractivity contribution in [3.05, 3.63) is 92.5 Å². The number of nitro benzene ring substituents is 1. The number of hydrogen-bond acceptors (Lipinski definition) is 8. The van der Waals surface area contributed by atoms with Gasteiger partial charge in [0.25, 0.3) is 11.6 Å². The standard InChI is InChI=1S/C27H25ClN4O6S2/c1-15(2)31(16(3)4)40(37,38)18-10-12-22-24(14-18)39-27(29-22)30-26(34)20-8-6-5-7-19(20)25(33)17-9-11-21(28)23(13-17)32(35)36/h5-16H,1-4H3,(H,29,30,34). The quantitative estimate of drug-likeness (QED) is 0.138. The lowest BCUT2D eigenvalue weighted by molar-refractivity contribution is -0.384. The minimum atomic E-state index is -3.76. The van der Waals surface area contributed by atoms with Gasteiger partial charge in [0.2, 0.25) is 10.0 Å². The van der Waals surface area contributed by atoms with Crippen LogP contribution in [0.4, 0.5) is 10.8 Å². The van der Waals surface area contributed by atoms with Crippen LogP contribution in [-0.2, 0) is 10.0 Å². The van der Waals surface area contributed by atoms with Gasteiger partial charge in [-0.1, -0.05) is 41.1 Å². The lowest BCUT2D eigenvalue weighted by Crippen LogP contribution is -2.41. The van der Waals surface area contributed by atoms with Gasteiger partial charge < -0.3 is 0 Å². The zero-order valence-electron chi connectivity index (χ0n) is 21.9. The minimum absolute atomic E-state index is 0.00177. The number of rotatable bonds is 9. The molecule has 0 saturated heterocycles. The Morgan fingerprint density at radius 3 is 2.27 bits per heavy atom. The molecule has 3 aromatic carbocycles. The predicted molar refractivity (Wildman–Crippen MR) is 155 cm³/mol. The van der Waals surface area contributed by atoms with E-state index in [0.717, 1.165) is 17.4 Å². The predicted octanol–water partition coefficient (Wildman–Crippen LogP) is 6.15. The SMILES string of the molecule is CC(C)N(C(C)C)S(=O)(=O)c1ccc2nc(NC(=O)c3ccccc3C(=O)c3ccc(Cl)c([N+](=O)[O-])c3)sc2c1. The van der Waals surface area contributed by atoms with E-state index in [4.69, 9.17) is 11.6 Å². The van der Waals surface area contributed by atoms with Gasteiger partial charge in [-0.3, -0.25) is 25.0 Å². The molecule has 1 aromatic heterocycles. The molecule has 4 aromatic rings. The number of sulfonamides is 1. The number of nitrogens with one attached hydrogen (secondary N) is 1. The summed E-state index contributed by atoms with van der Waals surface area (Å²) in [4.78, 5) is 41.5. The van der Waals surface area contributed by atoms with Crippen LogP contribution in [0.2, 0.25) is 5.02 Å². The maximum atomic E-state index is 13.3. The Morgan fingerprint density at radius 1 is 1.00 bits per heavy atom. The van der Waals surface area contributed by atoms with Crippen LogP contribution in [0.15, 0.2) is 65.6 Å². The molecule has 0 aliphatic rings. The van der Waals surface area contributed by atoms with Crippen molar-refractivity contribution in [1.29, 1.82) is 0 Å². The lowest BCUT2D eigenvalue weighted by Gasteiger charge is -2.29. The number of fused-ring (bicyclic) bond motifs is 1. The van der Waals surface area contributed by atoms with Crippen molar-refractivity contribution < 1.29 is 22.9 Å². The molecular formula is C27H25ClN4O6S2. The van der Waals surface area contributed by atoms with Crippen molar-refractivity contribution in [2.75, 3.05) is 5.32 Å². The summed E-state index contributed by atoms with van der Waals surface area (Å²) in [6.45, 7) is 7.25. The van der Waals surface area contributed by atoms with Gasteiger partial charge in [0, 0.05) is 29.3 Å². The Hall–Kier alpha value is -3.71. The van der Waals surface area contributed by atoms with E-state index in [1.54, 1.807) is 18.2 Å². The van der Waals surface area contributed by atoms with E-state index in [9.17, 15) is 28.1 Å². The molecule has 13 heteroatoms. The molecule has 0 unspecified atom stereocenters. The van der Waals surface area contributed by atoms with E-state index < -0.39 is 32.3 Å². The van der Waals surface area contributed by atoms with Crippen LogP contribution in [0.5, 0.6) is 0 Å². The first-order valence-corrected chi connectivity index (χ1v) is 14.8. The van der Waals surface area contributed by atoms with E-state index in [1.165, 1.54) is 40.7 Å². The Balaban J connectivity index is 1.63. The fraction of sp³-hybridized carbons (Fsp3) is 0.222. The highest BCUT2D eigenvalue weighted by atomic mass is 35.5. The van der Waals surface area contributed by atoms with Gasteiger partial charge in [0.15, 0.2) is 10.9 Å². The molecule has 0 spiro atoms. The summed E-state index contributed by atoms with van der Waals surface area (Å²) in [5.74, 6) is -1.21. The maximum Gasteiger partial charge on any atom is 0.288 e. The highest BCUT2D eigenvalue weighted by molar-refractivity contribution is 7.89. The Morgan fingerprint density at radius 2 is 1.65 bits per heavy atom. The first-order chi connectivity index (χ1) is 18.8. The zero-order chi connectivity index (χ0) is 29.4. The Kier molecular flexibility index (Phi) is 8.36. The van der Waals surface area contributed by atoms with Gasteiger partial charge in [0.05, 0.1) is 25.6 Å². The van der Waals surface area contributed by atoms with Gasteiger partial charge in [-0.2, -0.15) is 4.31 Å². The fourth-order valence-corrected chi connectivity index (χ4v) is 7.41. The molecule has 0 atom stereocenters. The molecule has 0 fully saturated rings. The van der Waals surface area contributed by atoms with Crippen LogP contribution in [0.3, 0.4) is 0 Å². The zero-order valence-corrected chi connectivity index (χ0v) is 24.3. The van der Waals surface area contributed by atoms with Crippen molar-refractivity contribution in [3.63, 3.8) is 0 Å². The van der Waals surface area contributed by atoms with E-state index in [2.05, 4.69) is 10.3 Å². The molecule has 1 N–H and O–H groups in total. The average molecular weight is 601 g/mol. The highest BCUT2D eigenvalue weighted by Gasteiger charge is 2.30. The van der Waals surface area contributed by atoms with Crippen molar-refractivity contribution in [3.8, 4) is 0 Å². The van der Waals surface area contributed by atoms with Gasteiger partial charge in [-0.05, 0) is 64.1 Å². The third kappa shape index (κ3) is 5.75. The fourth-order valence-electron chi connectivity index (χ4n) is 4.38. The van der Waals surface area contributed by atoms with Gasteiger partial charge in [0.1, 0.15) is 5.02 Å². The molecule has 0 aliphatic carbocycles. The normalized spacial score (nSPS) is 11.9. The number of hydrogen-bond donors (Lipinski definition) is 1. The van der Waals surface area contributed by atoms with Crippen LogP contribution < -0.4 is 5.32 Å². The van der Waals surface area contributed by atoms with Crippen LogP contribution in [0.25, 0.3) is 10.2 Å². The number of nitrogens with zero attached hydrogens (tertiary/aromatic N) is 3. The molecule has 208 valence electrons. The Bertz CT molecular complexity index is 1740. The molecule has 4 rings (SSSR count). The molecule has 0 aliphatic heterocycles. The smallest absolute Gasteiger partial charge is 0.288 e. The lowest BCUT2D eigenvalue weighted by atomic mass is 9.97. The molecule has 10 nitrogen and oxygen atoms in total. The number of carbonyl (C=O) groups is 2. The van der Waals surface area contributed by atoms with E-state index >= 15 is 0 Å². The number of nitro groups is 1. The van der Waals surface area contributed by atoms with Crippen LogP contribution >= 0.6 is 22.9 Å². The second kappa shape index (κ2) is 11.4. The molecule has 0 radical (unpaired) electrons. The Labute approximate surface area is 239 Å². The summed E-state index contributed by atoms with van der Waals surface area (Å²) >= 11 is 6.96. The van der Waals surface area contributed by atoms with E-state index in [-0.39, 0.29) is 43.8 Å². The van der Waals surface area contributed by atoms with Gasteiger partial charge in [-0.25, -0.2) is 13.4 Å². The van der Waals surface area contributed by atoms with E-state index in [1.807, 2.05) is 27.7 Å². The van der Waals surface area contributed by atoms with Crippen LogP contribution in [0.1, 0.15) is 54.0 Å². The maximum absolute atomic E-state index is 13.3. The summed E-state index contributed by atoms with van der Waals surface area (Å²) < 4.78 is 28.6. The van der Waals surface area contributed by atoms with Crippen molar-refractivity contribution in [1.82, 2.24) is 9.29 Å². The molecule has 1 heterocycles. The van der Waals surface area contributed by atoms with Crippen LogP contribution in [0, 0.1) is 10.1 Å². The van der Waals surface area contributed by atoms with Gasteiger partial charge >= 0.3 is 0 Å². The number of thiazole rings is 1. The molecule has 0 saturated carbocycles. The number of aromatic nitrogens is 1. The van der Waals surface area contributed by atoms with Gasteiger partial charge in [-0.15, -0.1) is 0 Å². The van der Waals surface area contributed by atoms with Crippen LogP contribution in [-0.4, -0.2) is 46.4 Å². The topological polar surface area (TPSA) is 140 Å². The number of benzene rings is 3. The second-order valence-electron chi connectivity index (χ2n) is 9.42. The number of amides is 1. The monoisotopic (exact) mass is 600 g/mol. The molecular weight excluding hydrogens is 576 g/mol. The summed E-state index contributed by atoms with van der Waals surface area (Å²) in [6, 6.07) is 13.9. The molecule has 0 bridgehead atoms. The number of halogens is 1. The third-order valence-electron chi connectivity index (χ3n) is 6.00. The van der Waals surface area contributed by atoms with Crippen molar-refractivity contribution >= 4 is 65.7 Å². The summed E-state index contributed by atoms with van der Waals surface area (Å²) in [6.07, 6.45) is 0. The summed E-state index contributed by atoms with van der Waals surface area (Å²) in [7, 11) is -3.76. The number of ketones is 1.